The van der Waals surface area contributed by atoms with E-state index in [9.17, 15) is 4.79 Å². The van der Waals surface area contributed by atoms with Crippen LogP contribution in [0.25, 0.3) is 0 Å². The van der Waals surface area contributed by atoms with Gasteiger partial charge in [-0.3, -0.25) is 4.79 Å². The number of hydrogen-bond acceptors (Lipinski definition) is 3. The second-order valence-corrected chi connectivity index (χ2v) is 6.44. The van der Waals surface area contributed by atoms with Crippen molar-refractivity contribution in [3.63, 3.8) is 0 Å². The maximum absolute atomic E-state index is 11.7. The lowest BCUT2D eigenvalue weighted by molar-refractivity contribution is -0.140. The normalized spacial score (nSPS) is 27.3. The highest BCUT2D eigenvalue weighted by molar-refractivity contribution is 9.10. The summed E-state index contributed by atoms with van der Waals surface area (Å²) < 4.78 is 6.48. The van der Waals surface area contributed by atoms with E-state index in [1.807, 2.05) is 12.1 Å². The Bertz CT molecular complexity index is 578. The van der Waals surface area contributed by atoms with Crippen LogP contribution >= 0.6 is 15.9 Å². The molecule has 4 heteroatoms. The van der Waals surface area contributed by atoms with E-state index in [4.69, 9.17) is 4.74 Å². The summed E-state index contributed by atoms with van der Waals surface area (Å²) in [7, 11) is 0. The standard InChI is InChI=1S/C15H16BrNO2/c1-9(2)5-6-15-8-13(18)19-14(15)17-12-7-10(16)3-4-11(12)15/h3-5,7,14,17H,6,8H2,1-2H3/t14-,15-/m0/s1. The molecule has 1 aromatic rings. The Morgan fingerprint density at radius 3 is 3.11 bits per heavy atom. The minimum atomic E-state index is -0.246. The van der Waals surface area contributed by atoms with Crippen molar-refractivity contribution in [3.8, 4) is 0 Å². The fourth-order valence-corrected chi connectivity index (χ4v) is 3.29. The summed E-state index contributed by atoms with van der Waals surface area (Å²) in [5, 5.41) is 3.33. The van der Waals surface area contributed by atoms with Gasteiger partial charge in [-0.05, 0) is 38.0 Å². The largest absolute Gasteiger partial charge is 0.441 e. The molecule has 1 fully saturated rings. The van der Waals surface area contributed by atoms with Gasteiger partial charge in [0.1, 0.15) is 0 Å². The average molecular weight is 322 g/mol. The Hall–Kier alpha value is -1.29. The molecule has 1 saturated heterocycles. The molecule has 3 nitrogen and oxygen atoms in total. The van der Waals surface area contributed by atoms with Crippen molar-refractivity contribution >= 4 is 27.6 Å². The number of nitrogens with one attached hydrogen (secondary N) is 1. The first-order valence-electron chi connectivity index (χ1n) is 6.41. The van der Waals surface area contributed by atoms with Crippen LogP contribution in [0.15, 0.2) is 34.3 Å². The zero-order valence-corrected chi connectivity index (χ0v) is 12.6. The van der Waals surface area contributed by atoms with Crippen LogP contribution in [0.3, 0.4) is 0 Å². The number of halogens is 1. The fourth-order valence-electron chi connectivity index (χ4n) is 2.93. The molecular weight excluding hydrogens is 306 g/mol. The number of fused-ring (bicyclic) bond motifs is 3. The van der Waals surface area contributed by atoms with Crippen LogP contribution in [-0.2, 0) is 14.9 Å². The molecule has 0 aliphatic carbocycles. The van der Waals surface area contributed by atoms with Crippen molar-refractivity contribution in [2.75, 3.05) is 5.32 Å². The van der Waals surface area contributed by atoms with Crippen LogP contribution in [-0.4, -0.2) is 12.2 Å². The number of rotatable bonds is 2. The SMILES string of the molecule is CC(C)=CC[C@@]12CC(=O)O[C@@H]1Nc1cc(Br)ccc12. The van der Waals surface area contributed by atoms with E-state index < -0.39 is 0 Å². The van der Waals surface area contributed by atoms with Gasteiger partial charge in [-0.25, -0.2) is 0 Å². The summed E-state index contributed by atoms with van der Waals surface area (Å²) in [6.07, 6.45) is 3.23. The third-order valence-corrected chi connectivity index (χ3v) is 4.38. The first-order chi connectivity index (χ1) is 9.01. The second kappa shape index (κ2) is 4.37. The lowest BCUT2D eigenvalue weighted by Gasteiger charge is -2.25. The Labute approximate surface area is 121 Å². The van der Waals surface area contributed by atoms with E-state index in [-0.39, 0.29) is 17.6 Å². The van der Waals surface area contributed by atoms with Gasteiger partial charge >= 0.3 is 5.97 Å². The van der Waals surface area contributed by atoms with Gasteiger partial charge in [-0.15, -0.1) is 0 Å². The lowest BCUT2D eigenvalue weighted by atomic mass is 9.76. The van der Waals surface area contributed by atoms with Gasteiger partial charge in [0.15, 0.2) is 6.23 Å². The van der Waals surface area contributed by atoms with E-state index in [2.05, 4.69) is 47.2 Å². The molecule has 1 aromatic carbocycles. The van der Waals surface area contributed by atoms with E-state index in [0.29, 0.717) is 6.42 Å². The Morgan fingerprint density at radius 1 is 1.58 bits per heavy atom. The number of benzene rings is 1. The number of carbonyl (C=O) groups is 1. The first kappa shape index (κ1) is 12.7. The molecule has 3 rings (SSSR count). The summed E-state index contributed by atoms with van der Waals surface area (Å²) in [5.74, 6) is -0.117. The minimum absolute atomic E-state index is 0.117. The van der Waals surface area contributed by atoms with Crippen LogP contribution < -0.4 is 5.32 Å². The number of esters is 1. The van der Waals surface area contributed by atoms with E-state index in [1.54, 1.807) is 0 Å². The molecule has 0 amide bonds. The molecule has 0 spiro atoms. The molecule has 0 aromatic heterocycles. The highest BCUT2D eigenvalue weighted by Crippen LogP contribution is 2.51. The molecule has 2 heterocycles. The Balaban J connectivity index is 2.07. The van der Waals surface area contributed by atoms with Crippen LogP contribution in [0.1, 0.15) is 32.3 Å². The molecule has 0 unspecified atom stereocenters. The zero-order chi connectivity index (χ0) is 13.6. The molecule has 0 bridgehead atoms. The number of allylic oxidation sites excluding steroid dienone is 2. The van der Waals surface area contributed by atoms with Crippen LogP contribution in [0, 0.1) is 0 Å². The second-order valence-electron chi connectivity index (χ2n) is 5.52. The van der Waals surface area contributed by atoms with E-state index in [1.165, 1.54) is 11.1 Å². The van der Waals surface area contributed by atoms with Gasteiger partial charge in [-0.1, -0.05) is 33.6 Å². The monoisotopic (exact) mass is 321 g/mol. The van der Waals surface area contributed by atoms with Gasteiger partial charge in [0.25, 0.3) is 0 Å². The fraction of sp³-hybridized carbons (Fsp3) is 0.400. The zero-order valence-electron chi connectivity index (χ0n) is 11.0. The van der Waals surface area contributed by atoms with Gasteiger partial charge in [0.2, 0.25) is 0 Å². The molecule has 2 aliphatic heterocycles. The first-order valence-corrected chi connectivity index (χ1v) is 7.20. The number of hydrogen-bond donors (Lipinski definition) is 1. The summed E-state index contributed by atoms with van der Waals surface area (Å²) in [6.45, 7) is 4.16. The highest BCUT2D eigenvalue weighted by Gasteiger charge is 2.54. The summed E-state index contributed by atoms with van der Waals surface area (Å²) in [5.41, 5.74) is 3.26. The molecule has 2 aliphatic rings. The topological polar surface area (TPSA) is 38.3 Å². The maximum Gasteiger partial charge on any atom is 0.308 e. The van der Waals surface area contributed by atoms with Crippen LogP contribution in [0.2, 0.25) is 0 Å². The summed E-state index contributed by atoms with van der Waals surface area (Å²) >= 11 is 3.48. The Morgan fingerprint density at radius 2 is 2.37 bits per heavy atom. The smallest absolute Gasteiger partial charge is 0.308 e. The summed E-state index contributed by atoms with van der Waals surface area (Å²) in [4.78, 5) is 11.7. The van der Waals surface area contributed by atoms with Gasteiger partial charge in [0.05, 0.1) is 11.8 Å². The maximum atomic E-state index is 11.7. The van der Waals surface area contributed by atoms with Crippen molar-refractivity contribution in [2.24, 2.45) is 0 Å². The van der Waals surface area contributed by atoms with Gasteiger partial charge < -0.3 is 10.1 Å². The van der Waals surface area contributed by atoms with E-state index in [0.717, 1.165) is 16.6 Å². The Kier molecular flexibility index (Phi) is 2.93. The van der Waals surface area contributed by atoms with Crippen LogP contribution in [0.5, 0.6) is 0 Å². The van der Waals surface area contributed by atoms with Gasteiger partial charge in [-0.2, -0.15) is 0 Å². The van der Waals surface area contributed by atoms with Crippen LogP contribution in [0.4, 0.5) is 5.69 Å². The summed E-state index contributed by atoms with van der Waals surface area (Å²) in [6, 6.07) is 6.16. The predicted octanol–water partition coefficient (Wildman–Crippen LogP) is 3.74. The quantitative estimate of drug-likeness (QED) is 0.666. The third-order valence-electron chi connectivity index (χ3n) is 3.89. The van der Waals surface area contributed by atoms with Crippen molar-refractivity contribution in [1.29, 1.82) is 0 Å². The molecule has 0 saturated carbocycles. The molecule has 1 N–H and O–H groups in total. The molecular formula is C15H16BrNO2. The minimum Gasteiger partial charge on any atom is -0.441 e. The number of ether oxygens (including phenoxy) is 1. The average Bonchev–Trinajstić information content (AvgIpc) is 2.77. The van der Waals surface area contributed by atoms with Crippen molar-refractivity contribution in [1.82, 2.24) is 0 Å². The van der Waals surface area contributed by atoms with Gasteiger partial charge in [0, 0.05) is 10.2 Å². The molecule has 19 heavy (non-hydrogen) atoms. The predicted molar refractivity (Wildman–Crippen MR) is 78.0 cm³/mol. The number of anilines is 1. The third kappa shape index (κ3) is 1.98. The molecule has 0 radical (unpaired) electrons. The molecule has 2 atom stereocenters. The lowest BCUT2D eigenvalue weighted by Crippen LogP contribution is -2.34. The highest BCUT2D eigenvalue weighted by atomic mass is 79.9. The van der Waals surface area contributed by atoms with Crippen molar-refractivity contribution in [2.45, 2.75) is 38.3 Å². The van der Waals surface area contributed by atoms with Crippen molar-refractivity contribution in [3.05, 3.63) is 39.9 Å². The van der Waals surface area contributed by atoms with Crippen molar-refractivity contribution < 1.29 is 9.53 Å². The van der Waals surface area contributed by atoms with E-state index >= 15 is 0 Å². The number of carbonyl (C=O) groups excluding carboxylic acids is 1. The molecule has 100 valence electrons.